The van der Waals surface area contributed by atoms with Crippen molar-refractivity contribution in [2.45, 2.75) is 6.42 Å². The Kier molecular flexibility index (Phi) is 3.84. The summed E-state index contributed by atoms with van der Waals surface area (Å²) in [6.45, 7) is 0. The molecule has 0 amide bonds. The fourth-order valence-electron chi connectivity index (χ4n) is 3.25. The van der Waals surface area contributed by atoms with E-state index < -0.39 is 0 Å². The summed E-state index contributed by atoms with van der Waals surface area (Å²) in [5.41, 5.74) is 4.09. The normalized spacial score (nSPS) is 11.3. The highest BCUT2D eigenvalue weighted by Gasteiger charge is 2.13. The average Bonchev–Trinajstić information content (AvgIpc) is 3.12. The Morgan fingerprint density at radius 1 is 0.852 bits per heavy atom. The van der Waals surface area contributed by atoms with E-state index in [-0.39, 0.29) is 5.63 Å². The Bertz CT molecular complexity index is 1290. The van der Waals surface area contributed by atoms with E-state index in [1.165, 1.54) is 22.5 Å². The summed E-state index contributed by atoms with van der Waals surface area (Å²) in [4.78, 5) is 17.1. The van der Waals surface area contributed by atoms with E-state index in [2.05, 4.69) is 23.2 Å². The maximum atomic E-state index is 12.5. The maximum Gasteiger partial charge on any atom is 0.346 e. The van der Waals surface area contributed by atoms with Crippen LogP contribution in [0.4, 0.5) is 0 Å². The quantitative estimate of drug-likeness (QED) is 0.385. The first-order chi connectivity index (χ1) is 13.3. The minimum Gasteiger partial charge on any atom is -0.422 e. The van der Waals surface area contributed by atoms with Crippen molar-refractivity contribution in [3.8, 4) is 10.6 Å². The van der Waals surface area contributed by atoms with Crippen molar-refractivity contribution >= 4 is 32.5 Å². The lowest BCUT2D eigenvalue weighted by Gasteiger charge is -2.05. The molecular formula is C23H15NO2S. The minimum atomic E-state index is -0.350. The van der Waals surface area contributed by atoms with Crippen molar-refractivity contribution in [3.63, 3.8) is 0 Å². The molecule has 130 valence electrons. The first kappa shape index (κ1) is 16.0. The number of thiazole rings is 1. The molecule has 0 radical (unpaired) electrons. The van der Waals surface area contributed by atoms with E-state index >= 15 is 0 Å². The molecule has 27 heavy (non-hydrogen) atoms. The van der Waals surface area contributed by atoms with Crippen molar-refractivity contribution in [1.29, 1.82) is 0 Å². The predicted octanol–water partition coefficient (Wildman–Crippen LogP) is 5.66. The monoisotopic (exact) mass is 369 g/mol. The third-order valence-electron chi connectivity index (χ3n) is 4.57. The molecule has 5 rings (SSSR count). The van der Waals surface area contributed by atoms with Crippen LogP contribution >= 0.6 is 11.3 Å². The van der Waals surface area contributed by atoms with Gasteiger partial charge in [0.1, 0.15) is 10.6 Å². The lowest BCUT2D eigenvalue weighted by atomic mass is 10.0. The van der Waals surface area contributed by atoms with Gasteiger partial charge in [0.05, 0.1) is 15.8 Å². The Hall–Kier alpha value is -3.24. The average molecular weight is 369 g/mol. The molecule has 2 heterocycles. The predicted molar refractivity (Wildman–Crippen MR) is 110 cm³/mol. The number of rotatable bonds is 3. The zero-order chi connectivity index (χ0) is 18.2. The lowest BCUT2D eigenvalue weighted by molar-refractivity contribution is 0.563. The molecule has 4 heteroatoms. The highest BCUT2D eigenvalue weighted by molar-refractivity contribution is 7.21. The third-order valence-corrected chi connectivity index (χ3v) is 5.64. The van der Waals surface area contributed by atoms with Crippen LogP contribution in [0.5, 0.6) is 0 Å². The van der Waals surface area contributed by atoms with E-state index in [0.717, 1.165) is 22.0 Å². The van der Waals surface area contributed by atoms with Crippen LogP contribution in [0.2, 0.25) is 0 Å². The van der Waals surface area contributed by atoms with Gasteiger partial charge in [0.2, 0.25) is 0 Å². The molecule has 0 bridgehead atoms. The van der Waals surface area contributed by atoms with Crippen molar-refractivity contribution in [1.82, 2.24) is 4.98 Å². The molecule has 3 nitrogen and oxygen atoms in total. The van der Waals surface area contributed by atoms with Crippen molar-refractivity contribution < 1.29 is 4.42 Å². The molecule has 0 aliphatic heterocycles. The largest absolute Gasteiger partial charge is 0.422 e. The van der Waals surface area contributed by atoms with Crippen LogP contribution in [0.15, 0.2) is 88.1 Å². The standard InChI is InChI=1S/C23H15NO2S/c25-23-18(22-24-19-8-4-5-9-21(19)27-22)14-17-13-16(10-11-20(17)26-23)12-15-6-2-1-3-7-15/h1-11,13-14H,12H2. The molecule has 0 aliphatic rings. The molecule has 0 saturated heterocycles. The van der Waals surface area contributed by atoms with Gasteiger partial charge in [-0.15, -0.1) is 11.3 Å². The van der Waals surface area contributed by atoms with Crippen LogP contribution in [-0.2, 0) is 6.42 Å². The summed E-state index contributed by atoms with van der Waals surface area (Å²) in [7, 11) is 0. The number of nitrogens with zero attached hydrogens (tertiary/aromatic N) is 1. The summed E-state index contributed by atoms with van der Waals surface area (Å²) in [6, 6.07) is 26.1. The van der Waals surface area contributed by atoms with Gasteiger partial charge >= 0.3 is 5.63 Å². The van der Waals surface area contributed by atoms with Gasteiger partial charge in [-0.05, 0) is 47.9 Å². The van der Waals surface area contributed by atoms with Gasteiger partial charge in [-0.1, -0.05) is 48.5 Å². The van der Waals surface area contributed by atoms with Gasteiger partial charge in [-0.2, -0.15) is 0 Å². The number of benzene rings is 3. The van der Waals surface area contributed by atoms with Crippen LogP contribution in [0.1, 0.15) is 11.1 Å². The van der Waals surface area contributed by atoms with Gasteiger partial charge < -0.3 is 4.42 Å². The van der Waals surface area contributed by atoms with Crippen LogP contribution in [0.25, 0.3) is 31.8 Å². The summed E-state index contributed by atoms with van der Waals surface area (Å²) < 4.78 is 6.62. The highest BCUT2D eigenvalue weighted by Crippen LogP contribution is 2.30. The van der Waals surface area contributed by atoms with Crippen LogP contribution in [-0.4, -0.2) is 4.98 Å². The lowest BCUT2D eigenvalue weighted by Crippen LogP contribution is -2.02. The molecule has 5 aromatic rings. The van der Waals surface area contributed by atoms with Crippen LogP contribution in [0.3, 0.4) is 0 Å². The van der Waals surface area contributed by atoms with Crippen molar-refractivity contribution in [2.24, 2.45) is 0 Å². The Morgan fingerprint density at radius 2 is 1.67 bits per heavy atom. The Morgan fingerprint density at radius 3 is 2.52 bits per heavy atom. The van der Waals surface area contributed by atoms with Crippen molar-refractivity contribution in [2.75, 3.05) is 0 Å². The molecule has 3 aromatic carbocycles. The molecule has 0 atom stereocenters. The number of aromatic nitrogens is 1. The van der Waals surface area contributed by atoms with E-state index in [1.807, 2.05) is 60.7 Å². The van der Waals surface area contributed by atoms with Gasteiger partial charge in [-0.3, -0.25) is 0 Å². The number of hydrogen-bond acceptors (Lipinski definition) is 4. The molecule has 0 spiro atoms. The molecule has 0 unspecified atom stereocenters. The molecule has 2 aromatic heterocycles. The Balaban J connectivity index is 1.60. The zero-order valence-electron chi connectivity index (χ0n) is 14.4. The fourth-order valence-corrected chi connectivity index (χ4v) is 4.22. The second kappa shape index (κ2) is 6.49. The second-order valence-electron chi connectivity index (χ2n) is 6.47. The molecule has 0 aliphatic carbocycles. The summed E-state index contributed by atoms with van der Waals surface area (Å²) in [5, 5.41) is 1.61. The minimum absolute atomic E-state index is 0.350. The molecular weight excluding hydrogens is 354 g/mol. The molecule has 0 N–H and O–H groups in total. The SMILES string of the molecule is O=c1oc2ccc(Cc3ccccc3)cc2cc1-c1nc2ccccc2s1. The zero-order valence-corrected chi connectivity index (χ0v) is 15.2. The van der Waals surface area contributed by atoms with Gasteiger partial charge in [-0.25, -0.2) is 9.78 Å². The fraction of sp³-hybridized carbons (Fsp3) is 0.0435. The summed E-state index contributed by atoms with van der Waals surface area (Å²) in [5.74, 6) is 0. The topological polar surface area (TPSA) is 43.1 Å². The molecule has 0 saturated carbocycles. The van der Waals surface area contributed by atoms with E-state index in [1.54, 1.807) is 0 Å². The number of fused-ring (bicyclic) bond motifs is 2. The van der Waals surface area contributed by atoms with Crippen LogP contribution < -0.4 is 5.63 Å². The summed E-state index contributed by atoms with van der Waals surface area (Å²) >= 11 is 1.51. The Labute approximate surface area is 159 Å². The maximum absolute atomic E-state index is 12.5. The molecule has 0 fully saturated rings. The van der Waals surface area contributed by atoms with E-state index in [9.17, 15) is 4.79 Å². The number of para-hydroxylation sites is 1. The first-order valence-corrected chi connectivity index (χ1v) is 9.54. The van der Waals surface area contributed by atoms with Gasteiger partial charge in [0, 0.05) is 5.39 Å². The van der Waals surface area contributed by atoms with E-state index in [0.29, 0.717) is 16.2 Å². The third kappa shape index (κ3) is 3.04. The van der Waals surface area contributed by atoms with Crippen molar-refractivity contribution in [3.05, 3.63) is 100 Å². The highest BCUT2D eigenvalue weighted by atomic mass is 32.1. The smallest absolute Gasteiger partial charge is 0.346 e. The number of hydrogen-bond donors (Lipinski definition) is 0. The van der Waals surface area contributed by atoms with Gasteiger partial charge in [0.15, 0.2) is 0 Å². The second-order valence-corrected chi connectivity index (χ2v) is 7.50. The van der Waals surface area contributed by atoms with Crippen LogP contribution in [0, 0.1) is 0 Å². The summed E-state index contributed by atoms with van der Waals surface area (Å²) in [6.07, 6.45) is 0.840. The van der Waals surface area contributed by atoms with E-state index in [4.69, 9.17) is 4.42 Å². The first-order valence-electron chi connectivity index (χ1n) is 8.73. The van der Waals surface area contributed by atoms with Gasteiger partial charge in [0.25, 0.3) is 0 Å².